The Labute approximate surface area is 133 Å². The Morgan fingerprint density at radius 3 is 2.21 bits per heavy atom. The van der Waals surface area contributed by atoms with Crippen LogP contribution in [-0.2, 0) is 6.54 Å². The lowest BCUT2D eigenvalue weighted by molar-refractivity contribution is 0.628. The van der Waals surface area contributed by atoms with Crippen LogP contribution in [0.5, 0.6) is 0 Å². The SMILES string of the molecule is Fc1cc(Cl)c(NCc2ccc(Br)cc2Cl)c(Cl)c1. The van der Waals surface area contributed by atoms with Crippen molar-refractivity contribution in [1.82, 2.24) is 0 Å². The second-order valence-electron chi connectivity index (χ2n) is 3.83. The molecule has 0 spiro atoms. The quantitative estimate of drug-likeness (QED) is 0.669. The number of nitrogens with one attached hydrogen (secondary N) is 1. The van der Waals surface area contributed by atoms with Gasteiger partial charge >= 0.3 is 0 Å². The Balaban J connectivity index is 2.19. The van der Waals surface area contributed by atoms with Gasteiger partial charge in [0.25, 0.3) is 0 Å². The third-order valence-corrected chi connectivity index (χ3v) is 3.92. The fourth-order valence-electron chi connectivity index (χ4n) is 1.56. The van der Waals surface area contributed by atoms with Crippen LogP contribution < -0.4 is 5.32 Å². The van der Waals surface area contributed by atoms with Crippen LogP contribution in [0.2, 0.25) is 15.1 Å². The van der Waals surface area contributed by atoms with Gasteiger partial charge in [-0.05, 0) is 29.8 Å². The van der Waals surface area contributed by atoms with E-state index < -0.39 is 5.82 Å². The Hall–Kier alpha value is -0.480. The maximum absolute atomic E-state index is 13.1. The first-order valence-corrected chi connectivity index (χ1v) is 7.22. The van der Waals surface area contributed by atoms with Crippen molar-refractivity contribution in [2.24, 2.45) is 0 Å². The zero-order chi connectivity index (χ0) is 14.0. The van der Waals surface area contributed by atoms with Crippen LogP contribution in [0.25, 0.3) is 0 Å². The Morgan fingerprint density at radius 2 is 1.63 bits per heavy atom. The summed E-state index contributed by atoms with van der Waals surface area (Å²) in [5.41, 5.74) is 1.38. The average molecular weight is 383 g/mol. The van der Waals surface area contributed by atoms with E-state index in [1.54, 1.807) is 6.07 Å². The summed E-state index contributed by atoms with van der Waals surface area (Å²) in [6.07, 6.45) is 0. The largest absolute Gasteiger partial charge is 0.378 e. The minimum absolute atomic E-state index is 0.234. The first kappa shape index (κ1) is 14.9. The summed E-state index contributed by atoms with van der Waals surface area (Å²) in [6.45, 7) is 0.442. The highest BCUT2D eigenvalue weighted by atomic mass is 79.9. The number of hydrogen-bond donors (Lipinski definition) is 1. The molecule has 0 aliphatic rings. The van der Waals surface area contributed by atoms with Gasteiger partial charge in [0.05, 0.1) is 15.7 Å². The number of anilines is 1. The fraction of sp³-hybridized carbons (Fsp3) is 0.0769. The van der Waals surface area contributed by atoms with E-state index in [4.69, 9.17) is 34.8 Å². The first-order chi connectivity index (χ1) is 8.97. The topological polar surface area (TPSA) is 12.0 Å². The molecule has 0 radical (unpaired) electrons. The second-order valence-corrected chi connectivity index (χ2v) is 5.97. The molecule has 0 fully saturated rings. The highest BCUT2D eigenvalue weighted by molar-refractivity contribution is 9.10. The van der Waals surface area contributed by atoms with Crippen LogP contribution in [0.3, 0.4) is 0 Å². The van der Waals surface area contributed by atoms with Crippen molar-refractivity contribution >= 4 is 56.4 Å². The van der Waals surface area contributed by atoms with Crippen molar-refractivity contribution in [3.05, 3.63) is 61.3 Å². The summed E-state index contributed by atoms with van der Waals surface area (Å²) in [7, 11) is 0. The summed E-state index contributed by atoms with van der Waals surface area (Å²) in [5, 5.41) is 4.15. The van der Waals surface area contributed by atoms with Gasteiger partial charge in [-0.25, -0.2) is 4.39 Å². The zero-order valence-corrected chi connectivity index (χ0v) is 13.3. The third kappa shape index (κ3) is 3.76. The van der Waals surface area contributed by atoms with E-state index in [-0.39, 0.29) is 10.0 Å². The Morgan fingerprint density at radius 1 is 1.00 bits per heavy atom. The lowest BCUT2D eigenvalue weighted by Gasteiger charge is -2.11. The number of halogens is 5. The van der Waals surface area contributed by atoms with E-state index in [0.29, 0.717) is 17.3 Å². The summed E-state index contributed by atoms with van der Waals surface area (Å²) in [4.78, 5) is 0. The van der Waals surface area contributed by atoms with Crippen molar-refractivity contribution in [3.8, 4) is 0 Å². The fourth-order valence-corrected chi connectivity index (χ4v) is 2.89. The van der Waals surface area contributed by atoms with Crippen LogP contribution in [-0.4, -0.2) is 0 Å². The molecule has 0 saturated carbocycles. The van der Waals surface area contributed by atoms with Crippen LogP contribution in [0.1, 0.15) is 5.56 Å². The molecule has 0 amide bonds. The van der Waals surface area contributed by atoms with Gasteiger partial charge in [-0.1, -0.05) is 56.8 Å². The molecule has 2 aromatic rings. The summed E-state index contributed by atoms with van der Waals surface area (Å²) >= 11 is 21.3. The highest BCUT2D eigenvalue weighted by Crippen LogP contribution is 2.32. The van der Waals surface area contributed by atoms with Gasteiger partial charge < -0.3 is 5.32 Å². The minimum atomic E-state index is -0.470. The van der Waals surface area contributed by atoms with Gasteiger partial charge in [-0.3, -0.25) is 0 Å². The van der Waals surface area contributed by atoms with E-state index in [1.807, 2.05) is 12.1 Å². The molecule has 19 heavy (non-hydrogen) atoms. The maximum Gasteiger partial charge on any atom is 0.126 e. The molecule has 0 aromatic heterocycles. The molecule has 1 N–H and O–H groups in total. The molecule has 0 aliphatic carbocycles. The number of rotatable bonds is 3. The van der Waals surface area contributed by atoms with E-state index in [1.165, 1.54) is 12.1 Å². The lowest BCUT2D eigenvalue weighted by atomic mass is 10.2. The van der Waals surface area contributed by atoms with Crippen molar-refractivity contribution in [2.75, 3.05) is 5.32 Å². The van der Waals surface area contributed by atoms with E-state index >= 15 is 0 Å². The molecule has 2 rings (SSSR count). The predicted molar refractivity (Wildman–Crippen MR) is 82.9 cm³/mol. The van der Waals surface area contributed by atoms with Gasteiger partial charge in [0.1, 0.15) is 5.82 Å². The Bertz CT molecular complexity index is 596. The van der Waals surface area contributed by atoms with E-state index in [9.17, 15) is 4.39 Å². The van der Waals surface area contributed by atoms with Crippen molar-refractivity contribution in [1.29, 1.82) is 0 Å². The Kier molecular flexibility index (Phi) is 4.96. The average Bonchev–Trinajstić information content (AvgIpc) is 2.30. The molecular weight excluding hydrogens is 375 g/mol. The molecule has 6 heteroatoms. The number of benzene rings is 2. The van der Waals surface area contributed by atoms with Gasteiger partial charge in [0.15, 0.2) is 0 Å². The molecular formula is C13H8BrCl3FN. The summed E-state index contributed by atoms with van der Waals surface area (Å²) in [6, 6.07) is 7.98. The zero-order valence-electron chi connectivity index (χ0n) is 9.48. The van der Waals surface area contributed by atoms with Gasteiger partial charge in [0, 0.05) is 16.0 Å². The first-order valence-electron chi connectivity index (χ1n) is 5.29. The number of hydrogen-bond acceptors (Lipinski definition) is 1. The second kappa shape index (κ2) is 6.31. The molecule has 0 saturated heterocycles. The standard InChI is InChI=1S/C13H8BrCl3FN/c14-8-2-1-7(10(15)3-8)6-19-13-11(16)4-9(18)5-12(13)17/h1-5,19H,6H2. The lowest BCUT2D eigenvalue weighted by Crippen LogP contribution is -2.01. The van der Waals surface area contributed by atoms with Crippen LogP contribution in [0, 0.1) is 5.82 Å². The normalized spacial score (nSPS) is 10.6. The molecule has 0 atom stereocenters. The third-order valence-electron chi connectivity index (χ3n) is 2.48. The maximum atomic E-state index is 13.1. The monoisotopic (exact) mass is 381 g/mol. The van der Waals surface area contributed by atoms with E-state index in [0.717, 1.165) is 10.0 Å². The van der Waals surface area contributed by atoms with Crippen LogP contribution in [0.4, 0.5) is 10.1 Å². The smallest absolute Gasteiger partial charge is 0.126 e. The molecule has 0 aliphatic heterocycles. The van der Waals surface area contributed by atoms with Crippen molar-refractivity contribution in [3.63, 3.8) is 0 Å². The van der Waals surface area contributed by atoms with Crippen molar-refractivity contribution in [2.45, 2.75) is 6.54 Å². The van der Waals surface area contributed by atoms with Gasteiger partial charge in [-0.15, -0.1) is 0 Å². The molecule has 1 nitrogen and oxygen atoms in total. The molecule has 0 bridgehead atoms. The molecule has 2 aromatic carbocycles. The van der Waals surface area contributed by atoms with Gasteiger partial charge in [0.2, 0.25) is 0 Å². The molecule has 0 heterocycles. The molecule has 0 unspecified atom stereocenters. The van der Waals surface area contributed by atoms with Gasteiger partial charge in [-0.2, -0.15) is 0 Å². The minimum Gasteiger partial charge on any atom is -0.378 e. The van der Waals surface area contributed by atoms with E-state index in [2.05, 4.69) is 21.2 Å². The summed E-state index contributed by atoms with van der Waals surface area (Å²) in [5.74, 6) is -0.470. The summed E-state index contributed by atoms with van der Waals surface area (Å²) < 4.78 is 14.0. The van der Waals surface area contributed by atoms with Crippen LogP contribution in [0.15, 0.2) is 34.8 Å². The predicted octanol–water partition coefficient (Wildman–Crippen LogP) is 6.16. The van der Waals surface area contributed by atoms with Crippen LogP contribution >= 0.6 is 50.7 Å². The highest BCUT2D eigenvalue weighted by Gasteiger charge is 2.09. The molecule has 100 valence electrons. The van der Waals surface area contributed by atoms with Crippen molar-refractivity contribution < 1.29 is 4.39 Å².